The van der Waals surface area contributed by atoms with Gasteiger partial charge in [-0.3, -0.25) is 0 Å². The van der Waals surface area contributed by atoms with Gasteiger partial charge >= 0.3 is 0 Å². The molecular formula is C7H14N3+. The molecule has 0 bridgehead atoms. The van der Waals surface area contributed by atoms with Gasteiger partial charge in [0.25, 0.3) is 0 Å². The van der Waals surface area contributed by atoms with E-state index in [0.717, 1.165) is 5.71 Å². The summed E-state index contributed by atoms with van der Waals surface area (Å²) in [6, 6.07) is 0.310. The summed E-state index contributed by atoms with van der Waals surface area (Å²) in [6.07, 6.45) is 0. The molecule has 0 radical (unpaired) electrons. The molecule has 0 saturated carbocycles. The highest BCUT2D eigenvalue weighted by molar-refractivity contribution is 5.87. The van der Waals surface area contributed by atoms with Crippen molar-refractivity contribution < 1.29 is 4.81 Å². The van der Waals surface area contributed by atoms with E-state index in [1.54, 1.807) is 4.81 Å². The van der Waals surface area contributed by atoms with E-state index in [-0.39, 0.29) is 0 Å². The second kappa shape index (κ2) is 2.48. The fourth-order valence-electron chi connectivity index (χ4n) is 1.19. The van der Waals surface area contributed by atoms with E-state index in [0.29, 0.717) is 12.0 Å². The Morgan fingerprint density at radius 3 is 2.30 bits per heavy atom. The second-order valence-corrected chi connectivity index (χ2v) is 3.04. The van der Waals surface area contributed by atoms with Gasteiger partial charge in [0.15, 0.2) is 13.1 Å². The van der Waals surface area contributed by atoms with Gasteiger partial charge in [-0.2, -0.15) is 0 Å². The average Bonchev–Trinajstić information content (AvgIpc) is 2.10. The molecule has 0 aromatic heterocycles. The smallest absolute Gasteiger partial charge is 0.0601 e. The lowest BCUT2D eigenvalue weighted by Crippen LogP contribution is -2.18. The molecule has 0 saturated heterocycles. The third kappa shape index (κ3) is 1.23. The zero-order valence-corrected chi connectivity index (χ0v) is 7.00. The maximum atomic E-state index is 4.30. The van der Waals surface area contributed by atoms with Crippen molar-refractivity contribution in [3.63, 3.8) is 0 Å². The summed E-state index contributed by atoms with van der Waals surface area (Å²) in [4.78, 5) is 1.65. The molecule has 1 aliphatic heterocycles. The van der Waals surface area contributed by atoms with Crippen LogP contribution in [0.25, 0.3) is 0 Å². The average molecular weight is 140 g/mol. The summed E-state index contributed by atoms with van der Waals surface area (Å²) in [5.41, 5.74) is 1.12. The number of azo groups is 1. The number of rotatable bonds is 1. The molecule has 0 N–H and O–H groups in total. The highest BCUT2D eigenvalue weighted by Gasteiger charge is 2.26. The molecule has 1 atom stereocenters. The Labute approximate surface area is 61.4 Å². The van der Waals surface area contributed by atoms with Gasteiger partial charge in [0.05, 0.1) is 0 Å². The summed E-state index contributed by atoms with van der Waals surface area (Å²) >= 11 is 0. The van der Waals surface area contributed by atoms with Crippen molar-refractivity contribution in [1.82, 2.24) is 0 Å². The maximum absolute atomic E-state index is 4.30. The first-order valence-electron chi connectivity index (χ1n) is 3.61. The van der Waals surface area contributed by atoms with Crippen molar-refractivity contribution in [3.05, 3.63) is 0 Å². The summed E-state index contributed by atoms with van der Waals surface area (Å²) < 4.78 is 0. The van der Waals surface area contributed by atoms with E-state index in [1.165, 1.54) is 0 Å². The van der Waals surface area contributed by atoms with Crippen LogP contribution in [0.4, 0.5) is 0 Å². The van der Waals surface area contributed by atoms with Crippen molar-refractivity contribution >= 4 is 5.71 Å². The van der Waals surface area contributed by atoms with Gasteiger partial charge in [-0.1, -0.05) is 13.8 Å². The molecule has 0 aromatic rings. The van der Waals surface area contributed by atoms with Gasteiger partial charge in [-0.05, 0) is 18.0 Å². The predicted molar refractivity (Wildman–Crippen MR) is 40.3 cm³/mol. The zero-order chi connectivity index (χ0) is 7.72. The minimum Gasteiger partial charge on any atom is -0.0601 e. The van der Waals surface area contributed by atoms with Crippen LogP contribution >= 0.6 is 0 Å². The van der Waals surface area contributed by atoms with Gasteiger partial charge in [0.2, 0.25) is 0 Å². The first kappa shape index (κ1) is 7.38. The standard InChI is InChI=1S/C7H14N3/c1-5(2)7-6(3)8-10(4)9-7/h5,7H,1-4H3/q+1. The summed E-state index contributed by atoms with van der Waals surface area (Å²) in [5, 5.41) is 8.47. The van der Waals surface area contributed by atoms with Crippen molar-refractivity contribution in [3.8, 4) is 0 Å². The lowest BCUT2D eigenvalue weighted by molar-refractivity contribution is -0.567. The van der Waals surface area contributed by atoms with Crippen molar-refractivity contribution in [2.45, 2.75) is 26.8 Å². The van der Waals surface area contributed by atoms with Crippen LogP contribution in [0.1, 0.15) is 20.8 Å². The SMILES string of the molecule is CC1=N[N+](C)=NC1C(C)C. The summed E-state index contributed by atoms with van der Waals surface area (Å²) in [6.45, 7) is 6.34. The van der Waals surface area contributed by atoms with Crippen molar-refractivity contribution in [1.29, 1.82) is 0 Å². The highest BCUT2D eigenvalue weighted by Crippen LogP contribution is 2.13. The van der Waals surface area contributed by atoms with E-state index >= 15 is 0 Å². The Hall–Kier alpha value is -0.730. The van der Waals surface area contributed by atoms with E-state index in [2.05, 4.69) is 24.1 Å². The highest BCUT2D eigenvalue weighted by atomic mass is 15.5. The Morgan fingerprint density at radius 1 is 1.50 bits per heavy atom. The van der Waals surface area contributed by atoms with Gasteiger partial charge in [-0.25, -0.2) is 0 Å². The van der Waals surface area contributed by atoms with Crippen LogP contribution in [0, 0.1) is 5.92 Å². The largest absolute Gasteiger partial charge is 0.193 e. The Morgan fingerprint density at radius 2 is 2.10 bits per heavy atom. The van der Waals surface area contributed by atoms with Crippen molar-refractivity contribution in [2.24, 2.45) is 16.1 Å². The van der Waals surface area contributed by atoms with E-state index in [4.69, 9.17) is 0 Å². The van der Waals surface area contributed by atoms with E-state index in [1.807, 2.05) is 14.0 Å². The van der Waals surface area contributed by atoms with Crippen LogP contribution in [0.15, 0.2) is 10.2 Å². The molecule has 0 fully saturated rings. The quantitative estimate of drug-likeness (QED) is 0.494. The molecule has 0 spiro atoms. The topological polar surface area (TPSA) is 27.7 Å². The molecule has 0 aromatic carbocycles. The Balaban J connectivity index is 2.75. The van der Waals surface area contributed by atoms with Crippen molar-refractivity contribution in [2.75, 3.05) is 7.05 Å². The molecule has 1 heterocycles. The Bertz CT molecular complexity index is 191. The molecule has 1 unspecified atom stereocenters. The normalized spacial score (nSPS) is 25.1. The Kier molecular flexibility index (Phi) is 1.83. The van der Waals surface area contributed by atoms with Gasteiger partial charge in [-0.15, -0.1) is 0 Å². The van der Waals surface area contributed by atoms with Crippen LogP contribution < -0.4 is 0 Å². The molecule has 1 aliphatic rings. The molecule has 3 nitrogen and oxygen atoms in total. The van der Waals surface area contributed by atoms with Crippen LogP contribution in [-0.4, -0.2) is 23.6 Å². The number of hydrogen-bond donors (Lipinski definition) is 0. The summed E-state index contributed by atoms with van der Waals surface area (Å²) in [5.74, 6) is 0.564. The third-order valence-corrected chi connectivity index (χ3v) is 1.65. The molecule has 10 heavy (non-hydrogen) atoms. The molecule has 0 aliphatic carbocycles. The lowest BCUT2D eigenvalue weighted by atomic mass is 10.0. The maximum Gasteiger partial charge on any atom is 0.193 e. The number of hydrazone groups is 1. The van der Waals surface area contributed by atoms with E-state index in [9.17, 15) is 0 Å². The van der Waals surface area contributed by atoms with E-state index < -0.39 is 0 Å². The van der Waals surface area contributed by atoms with Crippen LogP contribution in [0.5, 0.6) is 0 Å². The first-order valence-corrected chi connectivity index (χ1v) is 3.61. The van der Waals surface area contributed by atoms with Crippen LogP contribution in [-0.2, 0) is 0 Å². The predicted octanol–water partition coefficient (Wildman–Crippen LogP) is 1.49. The second-order valence-electron chi connectivity index (χ2n) is 3.04. The minimum absolute atomic E-state index is 0.310. The molecular weight excluding hydrogens is 126 g/mol. The fraction of sp³-hybridized carbons (Fsp3) is 0.857. The number of nitrogens with zero attached hydrogens (tertiary/aromatic N) is 3. The monoisotopic (exact) mass is 140 g/mol. The van der Waals surface area contributed by atoms with Crippen LogP contribution in [0.2, 0.25) is 0 Å². The lowest BCUT2D eigenvalue weighted by Gasteiger charge is -2.04. The fourth-order valence-corrected chi connectivity index (χ4v) is 1.19. The van der Waals surface area contributed by atoms with Gasteiger partial charge in [0, 0.05) is 9.91 Å². The zero-order valence-electron chi connectivity index (χ0n) is 7.00. The molecule has 1 rings (SSSR count). The minimum atomic E-state index is 0.310. The van der Waals surface area contributed by atoms with Crippen LogP contribution in [0.3, 0.4) is 0 Å². The molecule has 3 heteroatoms. The molecule has 56 valence electrons. The summed E-state index contributed by atoms with van der Waals surface area (Å²) in [7, 11) is 1.87. The number of hydrogen-bond acceptors (Lipinski definition) is 2. The van der Waals surface area contributed by atoms with Gasteiger partial charge < -0.3 is 0 Å². The molecule has 0 amide bonds. The van der Waals surface area contributed by atoms with Gasteiger partial charge in [0.1, 0.15) is 5.71 Å². The third-order valence-electron chi connectivity index (χ3n) is 1.65. The first-order chi connectivity index (χ1) is 4.61.